The van der Waals surface area contributed by atoms with Gasteiger partial charge < -0.3 is 0 Å². The largest absolute Gasteiger partial charge is 0.419 e. The third kappa shape index (κ3) is 2.91. The topological polar surface area (TPSA) is 23.8 Å². The molecule has 18 heavy (non-hydrogen) atoms. The fourth-order valence-corrected chi connectivity index (χ4v) is 1.33. The molecule has 0 aliphatic rings. The molecule has 0 amide bonds. The summed E-state index contributed by atoms with van der Waals surface area (Å²) in [7, 11) is 0. The minimum Gasteiger partial charge on any atom is -0.206 e. The Hall–Kier alpha value is -1.78. The van der Waals surface area contributed by atoms with Gasteiger partial charge in [-0.05, 0) is 17.7 Å². The van der Waals surface area contributed by atoms with E-state index < -0.39 is 41.3 Å². The lowest BCUT2D eigenvalue weighted by atomic mass is 10.0. The van der Waals surface area contributed by atoms with Gasteiger partial charge in [0.05, 0.1) is 23.6 Å². The molecule has 98 valence electrons. The Kier molecular flexibility index (Phi) is 3.55. The fraction of sp³-hybridized carbons (Fsp3) is 0.300. The van der Waals surface area contributed by atoms with Gasteiger partial charge in [0.1, 0.15) is 5.82 Å². The summed E-state index contributed by atoms with van der Waals surface area (Å²) >= 11 is 0. The maximum atomic E-state index is 13.0. The minimum atomic E-state index is -5.11. The summed E-state index contributed by atoms with van der Waals surface area (Å²) in [5.74, 6) is -2.02. The number of hydrogen-bond donors (Lipinski definition) is 0. The molecule has 0 saturated carbocycles. The number of benzene rings is 1. The van der Waals surface area contributed by atoms with Gasteiger partial charge >= 0.3 is 12.4 Å². The third-order valence-electron chi connectivity index (χ3n) is 2.07. The van der Waals surface area contributed by atoms with Crippen molar-refractivity contribution < 1.29 is 30.7 Å². The van der Waals surface area contributed by atoms with Gasteiger partial charge in [-0.25, -0.2) is 4.39 Å². The summed E-state index contributed by atoms with van der Waals surface area (Å²) in [6, 6.07) is 1.08. The zero-order chi connectivity index (χ0) is 14.1. The van der Waals surface area contributed by atoms with Gasteiger partial charge in [0, 0.05) is 0 Å². The first kappa shape index (κ1) is 14.3. The molecule has 0 spiro atoms. The van der Waals surface area contributed by atoms with E-state index in [9.17, 15) is 30.7 Å². The first-order chi connectivity index (χ1) is 8.07. The lowest BCUT2D eigenvalue weighted by Crippen LogP contribution is -2.15. The number of nitrogens with zero attached hydrogens (tertiary/aromatic N) is 1. The van der Waals surface area contributed by atoms with Crippen LogP contribution in [0.3, 0.4) is 0 Å². The van der Waals surface area contributed by atoms with Crippen LogP contribution in [0.1, 0.15) is 16.7 Å². The highest BCUT2D eigenvalue weighted by Gasteiger charge is 2.39. The second kappa shape index (κ2) is 4.48. The lowest BCUT2D eigenvalue weighted by molar-refractivity contribution is -0.143. The molecule has 0 unspecified atom stereocenters. The van der Waals surface area contributed by atoms with Gasteiger partial charge in [0.2, 0.25) is 0 Å². The van der Waals surface area contributed by atoms with Gasteiger partial charge in [-0.3, -0.25) is 0 Å². The van der Waals surface area contributed by atoms with Crippen LogP contribution in [-0.4, -0.2) is 0 Å². The second-order valence-corrected chi connectivity index (χ2v) is 3.32. The van der Waals surface area contributed by atoms with Crippen molar-refractivity contribution in [3.05, 3.63) is 34.6 Å². The highest BCUT2D eigenvalue weighted by Crippen LogP contribution is 2.38. The molecule has 0 aromatic heterocycles. The molecular weight excluding hydrogens is 267 g/mol. The van der Waals surface area contributed by atoms with Crippen molar-refractivity contribution in [1.82, 2.24) is 0 Å². The molecule has 0 atom stereocenters. The molecule has 0 bridgehead atoms. The number of nitriles is 1. The molecule has 1 aromatic carbocycles. The van der Waals surface area contributed by atoms with Crippen LogP contribution >= 0.6 is 0 Å². The highest BCUT2D eigenvalue weighted by molar-refractivity contribution is 5.38. The molecule has 0 heterocycles. The SMILES string of the molecule is N#CCc1cc(C(F)(F)F)c(F)cc1C(F)(F)F. The molecule has 0 saturated heterocycles. The van der Waals surface area contributed by atoms with Gasteiger partial charge in [-0.15, -0.1) is 0 Å². The standard InChI is InChI=1S/C10H4F7N/c11-8-4-6(9(12,13)14)5(1-2-18)3-7(8)10(15,16)17/h3-4H,1H2. The minimum absolute atomic E-state index is 0.0153. The maximum absolute atomic E-state index is 13.0. The average Bonchev–Trinajstić information content (AvgIpc) is 2.17. The maximum Gasteiger partial charge on any atom is 0.419 e. The summed E-state index contributed by atoms with van der Waals surface area (Å²) < 4.78 is 87.1. The molecule has 1 aromatic rings. The Labute approximate surface area is 96.4 Å². The zero-order valence-electron chi connectivity index (χ0n) is 8.45. The zero-order valence-corrected chi connectivity index (χ0v) is 8.45. The normalized spacial score (nSPS) is 12.3. The Morgan fingerprint density at radius 1 is 0.944 bits per heavy atom. The van der Waals surface area contributed by atoms with Crippen LogP contribution < -0.4 is 0 Å². The monoisotopic (exact) mass is 271 g/mol. The number of alkyl halides is 6. The van der Waals surface area contributed by atoms with Crippen molar-refractivity contribution in [3.63, 3.8) is 0 Å². The van der Waals surface area contributed by atoms with E-state index in [-0.39, 0.29) is 12.1 Å². The Balaban J connectivity index is 3.50. The molecule has 8 heteroatoms. The van der Waals surface area contributed by atoms with Crippen LogP contribution in [0.25, 0.3) is 0 Å². The predicted molar refractivity (Wildman–Crippen MR) is 45.7 cm³/mol. The first-order valence-corrected chi connectivity index (χ1v) is 4.41. The lowest BCUT2D eigenvalue weighted by Gasteiger charge is -2.15. The van der Waals surface area contributed by atoms with Gasteiger partial charge in [-0.2, -0.15) is 31.6 Å². The van der Waals surface area contributed by atoms with Crippen molar-refractivity contribution >= 4 is 0 Å². The van der Waals surface area contributed by atoms with E-state index in [1.807, 2.05) is 0 Å². The van der Waals surface area contributed by atoms with Gasteiger partial charge in [0.25, 0.3) is 0 Å². The van der Waals surface area contributed by atoms with Crippen LogP contribution in [0.4, 0.5) is 30.7 Å². The van der Waals surface area contributed by atoms with Crippen molar-refractivity contribution in [2.75, 3.05) is 0 Å². The van der Waals surface area contributed by atoms with E-state index in [2.05, 4.69) is 0 Å². The fourth-order valence-electron chi connectivity index (χ4n) is 1.33. The highest BCUT2D eigenvalue weighted by atomic mass is 19.4. The van der Waals surface area contributed by atoms with E-state index in [1.165, 1.54) is 6.07 Å². The predicted octanol–water partition coefficient (Wildman–Crippen LogP) is 3.93. The third-order valence-corrected chi connectivity index (χ3v) is 2.07. The Morgan fingerprint density at radius 2 is 1.44 bits per heavy atom. The van der Waals surface area contributed by atoms with Crippen LogP contribution in [0.2, 0.25) is 0 Å². The van der Waals surface area contributed by atoms with E-state index in [0.29, 0.717) is 0 Å². The van der Waals surface area contributed by atoms with Crippen LogP contribution in [0, 0.1) is 17.1 Å². The van der Waals surface area contributed by atoms with Crippen LogP contribution in [0.5, 0.6) is 0 Å². The van der Waals surface area contributed by atoms with Crippen molar-refractivity contribution in [3.8, 4) is 6.07 Å². The van der Waals surface area contributed by atoms with Crippen molar-refractivity contribution in [1.29, 1.82) is 5.26 Å². The Morgan fingerprint density at radius 3 is 1.83 bits per heavy atom. The summed E-state index contributed by atoms with van der Waals surface area (Å²) in [4.78, 5) is 0. The summed E-state index contributed by atoms with van der Waals surface area (Å²) in [5.41, 5.74) is -4.30. The van der Waals surface area contributed by atoms with E-state index in [4.69, 9.17) is 5.26 Å². The second-order valence-electron chi connectivity index (χ2n) is 3.32. The van der Waals surface area contributed by atoms with Crippen molar-refractivity contribution in [2.24, 2.45) is 0 Å². The quantitative estimate of drug-likeness (QED) is 0.710. The van der Waals surface area contributed by atoms with E-state index >= 15 is 0 Å². The van der Waals surface area contributed by atoms with Crippen LogP contribution in [-0.2, 0) is 18.8 Å². The Bertz CT molecular complexity index is 493. The first-order valence-electron chi connectivity index (χ1n) is 4.41. The summed E-state index contributed by atoms with van der Waals surface area (Å²) in [5, 5.41) is 8.28. The molecular formula is C10H4F7N. The summed E-state index contributed by atoms with van der Waals surface area (Å²) in [6.07, 6.45) is -11.0. The smallest absolute Gasteiger partial charge is 0.206 e. The molecule has 0 radical (unpaired) electrons. The molecule has 0 N–H and O–H groups in total. The molecule has 0 aliphatic heterocycles. The van der Waals surface area contributed by atoms with Crippen LogP contribution in [0.15, 0.2) is 12.1 Å². The summed E-state index contributed by atoms with van der Waals surface area (Å²) in [6.45, 7) is 0. The van der Waals surface area contributed by atoms with Gasteiger partial charge in [-0.1, -0.05) is 0 Å². The number of rotatable bonds is 1. The van der Waals surface area contributed by atoms with E-state index in [0.717, 1.165) is 0 Å². The number of hydrogen-bond acceptors (Lipinski definition) is 1. The van der Waals surface area contributed by atoms with Gasteiger partial charge in [0.15, 0.2) is 0 Å². The molecule has 1 rings (SSSR count). The number of halogens is 7. The van der Waals surface area contributed by atoms with E-state index in [1.54, 1.807) is 0 Å². The average molecular weight is 271 g/mol. The molecule has 0 fully saturated rings. The molecule has 1 nitrogen and oxygen atoms in total. The molecule has 0 aliphatic carbocycles. The van der Waals surface area contributed by atoms with Crippen molar-refractivity contribution in [2.45, 2.75) is 18.8 Å².